The van der Waals surface area contributed by atoms with Crippen molar-refractivity contribution in [1.82, 2.24) is 4.98 Å². The van der Waals surface area contributed by atoms with Crippen molar-refractivity contribution < 1.29 is 0 Å². The molecule has 2 rings (SSSR count). The number of rotatable bonds is 0. The highest BCUT2D eigenvalue weighted by atomic mass is 79.9. The normalized spacial score (nSPS) is 10.9. The Morgan fingerprint density at radius 3 is 2.83 bits per heavy atom. The van der Waals surface area contributed by atoms with Crippen molar-refractivity contribution in [1.29, 1.82) is 0 Å². The van der Waals surface area contributed by atoms with Crippen LogP contribution in [0.15, 0.2) is 22.8 Å². The maximum atomic E-state index is 3.59. The molecule has 0 saturated heterocycles. The number of aryl methyl sites for hydroxylation is 1. The molecule has 0 aliphatic carbocycles. The fourth-order valence-corrected chi connectivity index (χ4v) is 2.05. The van der Waals surface area contributed by atoms with Crippen LogP contribution < -0.4 is 0 Å². The molecule has 2 aromatic rings. The van der Waals surface area contributed by atoms with Gasteiger partial charge in [-0.3, -0.25) is 0 Å². The number of hydrogen-bond acceptors (Lipinski definition) is 0. The summed E-state index contributed by atoms with van der Waals surface area (Å²) in [5.74, 6) is 0. The molecule has 1 aromatic heterocycles. The van der Waals surface area contributed by atoms with Crippen LogP contribution in [-0.4, -0.2) is 4.98 Å². The molecule has 62 valence electrons. The van der Waals surface area contributed by atoms with Crippen LogP contribution in [0.1, 0.15) is 11.1 Å². The minimum Gasteiger partial charge on any atom is -0.361 e. The molecule has 0 unspecified atom stereocenters. The molecular formula is C10H10BrN. The number of hydrogen-bond donors (Lipinski definition) is 1. The largest absolute Gasteiger partial charge is 0.361 e. The molecule has 0 saturated carbocycles. The predicted octanol–water partition coefficient (Wildman–Crippen LogP) is 3.55. The molecule has 0 spiro atoms. The van der Waals surface area contributed by atoms with E-state index in [0.717, 1.165) is 0 Å². The maximum absolute atomic E-state index is 3.59. The van der Waals surface area contributed by atoms with Gasteiger partial charge in [-0.1, -0.05) is 0 Å². The Kier molecular flexibility index (Phi) is 1.72. The fraction of sp³-hybridized carbons (Fsp3) is 0.200. The second-order valence-corrected chi connectivity index (χ2v) is 3.86. The van der Waals surface area contributed by atoms with Gasteiger partial charge >= 0.3 is 0 Å². The third kappa shape index (κ3) is 0.985. The van der Waals surface area contributed by atoms with E-state index >= 15 is 0 Å². The van der Waals surface area contributed by atoms with Crippen molar-refractivity contribution in [2.75, 3.05) is 0 Å². The van der Waals surface area contributed by atoms with Gasteiger partial charge in [0.25, 0.3) is 0 Å². The van der Waals surface area contributed by atoms with E-state index in [0.29, 0.717) is 0 Å². The van der Waals surface area contributed by atoms with Gasteiger partial charge in [0, 0.05) is 21.6 Å². The number of fused-ring (bicyclic) bond motifs is 1. The summed E-state index contributed by atoms with van der Waals surface area (Å²) in [4.78, 5) is 3.20. The van der Waals surface area contributed by atoms with Gasteiger partial charge in [0.15, 0.2) is 0 Å². The lowest BCUT2D eigenvalue weighted by Crippen LogP contribution is -1.83. The van der Waals surface area contributed by atoms with Gasteiger partial charge < -0.3 is 4.98 Å². The van der Waals surface area contributed by atoms with E-state index in [9.17, 15) is 0 Å². The first kappa shape index (κ1) is 7.87. The maximum Gasteiger partial charge on any atom is 0.0468 e. The number of aromatic amines is 1. The number of aromatic nitrogens is 1. The molecule has 12 heavy (non-hydrogen) atoms. The highest BCUT2D eigenvalue weighted by molar-refractivity contribution is 9.10. The van der Waals surface area contributed by atoms with E-state index < -0.39 is 0 Å². The summed E-state index contributed by atoms with van der Waals surface area (Å²) in [6, 6.07) is 4.27. The third-order valence-electron chi connectivity index (χ3n) is 2.30. The molecule has 1 N–H and O–H groups in total. The summed E-state index contributed by atoms with van der Waals surface area (Å²) < 4.78 is 1.21. The van der Waals surface area contributed by atoms with E-state index in [1.165, 1.54) is 26.5 Å². The minimum atomic E-state index is 1.20. The molecule has 1 aromatic carbocycles. The van der Waals surface area contributed by atoms with Crippen molar-refractivity contribution in [3.63, 3.8) is 0 Å². The fourth-order valence-electron chi connectivity index (χ4n) is 1.39. The molecule has 0 aliphatic heterocycles. The molecule has 0 radical (unpaired) electrons. The zero-order valence-corrected chi connectivity index (χ0v) is 8.70. The Balaban J connectivity index is 2.94. The van der Waals surface area contributed by atoms with Gasteiger partial charge in [-0.25, -0.2) is 0 Å². The van der Waals surface area contributed by atoms with Gasteiger partial charge in [-0.2, -0.15) is 0 Å². The SMILES string of the molecule is Cc1cc2[nH]ccc2c(Br)c1C. The lowest BCUT2D eigenvalue weighted by atomic mass is 10.1. The predicted molar refractivity (Wildman–Crippen MR) is 55.5 cm³/mol. The lowest BCUT2D eigenvalue weighted by molar-refractivity contribution is 1.33. The van der Waals surface area contributed by atoms with Crippen LogP contribution in [-0.2, 0) is 0 Å². The number of benzene rings is 1. The zero-order valence-electron chi connectivity index (χ0n) is 7.11. The van der Waals surface area contributed by atoms with Crippen LogP contribution in [0.4, 0.5) is 0 Å². The highest BCUT2D eigenvalue weighted by Crippen LogP contribution is 2.28. The Morgan fingerprint density at radius 1 is 1.33 bits per heavy atom. The van der Waals surface area contributed by atoms with Gasteiger partial charge in [0.05, 0.1) is 0 Å². The second-order valence-electron chi connectivity index (χ2n) is 3.07. The van der Waals surface area contributed by atoms with Gasteiger partial charge in [-0.15, -0.1) is 0 Å². The smallest absolute Gasteiger partial charge is 0.0468 e. The summed E-state index contributed by atoms with van der Waals surface area (Å²) in [5, 5.41) is 1.26. The number of nitrogens with one attached hydrogen (secondary N) is 1. The average Bonchev–Trinajstić information content (AvgIpc) is 2.48. The Hall–Kier alpha value is -0.760. The first-order chi connectivity index (χ1) is 5.70. The molecule has 0 bridgehead atoms. The molecule has 0 fully saturated rings. The summed E-state index contributed by atoms with van der Waals surface area (Å²) in [5.41, 5.74) is 3.84. The van der Waals surface area contributed by atoms with Crippen LogP contribution in [0.3, 0.4) is 0 Å². The highest BCUT2D eigenvalue weighted by Gasteiger charge is 2.04. The molecular weight excluding hydrogens is 214 g/mol. The van der Waals surface area contributed by atoms with E-state index in [2.05, 4.69) is 46.9 Å². The lowest BCUT2D eigenvalue weighted by Gasteiger charge is -2.03. The van der Waals surface area contributed by atoms with Gasteiger partial charge in [0.1, 0.15) is 0 Å². The Bertz CT molecular complexity index is 429. The topological polar surface area (TPSA) is 15.8 Å². The first-order valence-electron chi connectivity index (χ1n) is 3.93. The molecule has 0 aliphatic rings. The van der Waals surface area contributed by atoms with Gasteiger partial charge in [0.2, 0.25) is 0 Å². The Morgan fingerprint density at radius 2 is 2.08 bits per heavy atom. The van der Waals surface area contributed by atoms with Crippen LogP contribution >= 0.6 is 15.9 Å². The van der Waals surface area contributed by atoms with E-state index in [1.807, 2.05) is 6.20 Å². The van der Waals surface area contributed by atoms with Crippen molar-refractivity contribution in [3.05, 3.63) is 33.9 Å². The molecule has 1 heterocycles. The summed E-state index contributed by atoms with van der Waals surface area (Å²) in [7, 11) is 0. The second kappa shape index (κ2) is 2.63. The number of halogens is 1. The monoisotopic (exact) mass is 223 g/mol. The van der Waals surface area contributed by atoms with Crippen LogP contribution in [0.25, 0.3) is 10.9 Å². The van der Waals surface area contributed by atoms with Crippen LogP contribution in [0, 0.1) is 13.8 Å². The molecule has 1 nitrogen and oxygen atoms in total. The molecule has 0 atom stereocenters. The van der Waals surface area contributed by atoms with E-state index in [4.69, 9.17) is 0 Å². The van der Waals surface area contributed by atoms with Crippen LogP contribution in [0.2, 0.25) is 0 Å². The Labute approximate surface area is 79.9 Å². The van der Waals surface area contributed by atoms with E-state index in [1.54, 1.807) is 0 Å². The molecule has 0 amide bonds. The standard InChI is InChI=1S/C10H10BrN/c1-6-5-9-8(3-4-12-9)10(11)7(6)2/h3-5,12H,1-2H3. The summed E-state index contributed by atoms with van der Waals surface area (Å²) in [6.45, 7) is 4.26. The number of H-pyrrole nitrogens is 1. The zero-order chi connectivity index (χ0) is 8.72. The quantitative estimate of drug-likeness (QED) is 0.704. The molecule has 2 heteroatoms. The third-order valence-corrected chi connectivity index (χ3v) is 3.32. The van der Waals surface area contributed by atoms with Crippen molar-refractivity contribution in [2.24, 2.45) is 0 Å². The van der Waals surface area contributed by atoms with Crippen molar-refractivity contribution in [2.45, 2.75) is 13.8 Å². The summed E-state index contributed by atoms with van der Waals surface area (Å²) >= 11 is 3.59. The van der Waals surface area contributed by atoms with Gasteiger partial charge in [-0.05, 0) is 53.0 Å². The van der Waals surface area contributed by atoms with Crippen molar-refractivity contribution in [3.8, 4) is 0 Å². The average molecular weight is 224 g/mol. The van der Waals surface area contributed by atoms with Crippen molar-refractivity contribution >= 4 is 26.8 Å². The van der Waals surface area contributed by atoms with Crippen LogP contribution in [0.5, 0.6) is 0 Å². The summed E-state index contributed by atoms with van der Waals surface area (Å²) in [6.07, 6.45) is 1.97. The minimum absolute atomic E-state index is 1.20. The first-order valence-corrected chi connectivity index (χ1v) is 4.72. The van der Waals surface area contributed by atoms with E-state index in [-0.39, 0.29) is 0 Å².